The lowest BCUT2D eigenvalue weighted by Crippen LogP contribution is -2.34. The number of aromatic nitrogens is 1. The predicted molar refractivity (Wildman–Crippen MR) is 117 cm³/mol. The molecule has 0 saturated carbocycles. The van der Waals surface area contributed by atoms with Crippen molar-refractivity contribution in [3.63, 3.8) is 0 Å². The lowest BCUT2D eigenvalue weighted by atomic mass is 9.94. The predicted octanol–water partition coefficient (Wildman–Crippen LogP) is 1.89. The number of nitrogens with one attached hydrogen (secondary N) is 3. The Morgan fingerprint density at radius 2 is 2.03 bits per heavy atom. The van der Waals surface area contributed by atoms with E-state index < -0.39 is 12.7 Å². The molecule has 1 aliphatic heterocycles. The van der Waals surface area contributed by atoms with Gasteiger partial charge in [-0.1, -0.05) is 42.5 Å². The number of hydrogen-bond acceptors (Lipinski definition) is 4. The molecule has 1 atom stereocenters. The number of aryl methyl sites for hydroxylation is 1. The van der Waals surface area contributed by atoms with E-state index in [2.05, 4.69) is 15.6 Å². The van der Waals surface area contributed by atoms with Crippen LogP contribution in [-0.4, -0.2) is 46.3 Å². The van der Waals surface area contributed by atoms with Gasteiger partial charge >= 0.3 is 0 Å². The Morgan fingerprint density at radius 1 is 1.26 bits per heavy atom. The van der Waals surface area contributed by atoms with Crippen molar-refractivity contribution in [3.8, 4) is 11.1 Å². The second-order valence-electron chi connectivity index (χ2n) is 7.69. The SMILES string of the molecule is Cc1[nH]c(CC2=C3CC=CC=C3NC2=O)c(-c2ccccc2)c1C(=O)NCC(O)CO. The summed E-state index contributed by atoms with van der Waals surface area (Å²) >= 11 is 0. The standard InChI is InChI=1S/C24H25N3O4/c1-14-21(24(31)25-12-16(29)13-28)22(15-7-3-2-4-8-15)20(26-14)11-18-17-9-5-6-10-19(17)27-23(18)30/h2-8,10,16,26,28-29H,9,11-13H2,1H3,(H,25,31)(H,27,30). The monoisotopic (exact) mass is 419 g/mol. The second-order valence-corrected chi connectivity index (χ2v) is 7.69. The van der Waals surface area contributed by atoms with Crippen LogP contribution < -0.4 is 10.6 Å². The molecule has 2 heterocycles. The highest BCUT2D eigenvalue weighted by atomic mass is 16.3. The lowest BCUT2D eigenvalue weighted by Gasteiger charge is -2.12. The zero-order valence-corrected chi connectivity index (χ0v) is 17.2. The van der Waals surface area contributed by atoms with Crippen LogP contribution in [0.4, 0.5) is 0 Å². The maximum atomic E-state index is 13.0. The summed E-state index contributed by atoms with van der Waals surface area (Å²) in [4.78, 5) is 28.9. The molecule has 1 aromatic heterocycles. The molecule has 7 heteroatoms. The first-order valence-electron chi connectivity index (χ1n) is 10.2. The summed E-state index contributed by atoms with van der Waals surface area (Å²) in [5.74, 6) is -0.464. The number of aliphatic hydroxyl groups excluding tert-OH is 2. The van der Waals surface area contributed by atoms with Gasteiger partial charge in [0, 0.05) is 41.2 Å². The smallest absolute Gasteiger partial charge is 0.253 e. The molecule has 4 rings (SSSR count). The van der Waals surface area contributed by atoms with E-state index in [4.69, 9.17) is 5.11 Å². The van der Waals surface area contributed by atoms with Gasteiger partial charge in [0.15, 0.2) is 0 Å². The average molecular weight is 419 g/mol. The third kappa shape index (κ3) is 4.10. The number of hydrogen-bond donors (Lipinski definition) is 5. The lowest BCUT2D eigenvalue weighted by molar-refractivity contribution is -0.116. The number of carbonyl (C=O) groups is 2. The third-order valence-corrected chi connectivity index (χ3v) is 5.55. The van der Waals surface area contributed by atoms with Crippen LogP contribution in [0.2, 0.25) is 0 Å². The van der Waals surface area contributed by atoms with Gasteiger partial charge in [0.25, 0.3) is 11.8 Å². The number of benzene rings is 1. The zero-order chi connectivity index (χ0) is 22.0. The Bertz CT molecular complexity index is 1110. The Kier molecular flexibility index (Phi) is 5.88. The first-order chi connectivity index (χ1) is 15.0. The van der Waals surface area contributed by atoms with E-state index in [1.165, 1.54) is 0 Å². The van der Waals surface area contributed by atoms with Crippen LogP contribution in [0.5, 0.6) is 0 Å². The average Bonchev–Trinajstić information content (AvgIpc) is 3.28. The molecule has 2 aliphatic rings. The Hall–Kier alpha value is -3.42. The van der Waals surface area contributed by atoms with E-state index in [9.17, 15) is 14.7 Å². The van der Waals surface area contributed by atoms with E-state index in [1.54, 1.807) is 0 Å². The molecule has 5 N–H and O–H groups in total. The molecule has 1 unspecified atom stereocenters. The number of allylic oxidation sites excluding steroid dienone is 4. The fourth-order valence-corrected chi connectivity index (χ4v) is 4.06. The van der Waals surface area contributed by atoms with Crippen molar-refractivity contribution in [2.24, 2.45) is 0 Å². The number of H-pyrrole nitrogens is 1. The van der Waals surface area contributed by atoms with Gasteiger partial charge in [0.2, 0.25) is 0 Å². The molecule has 31 heavy (non-hydrogen) atoms. The Labute approximate surface area is 180 Å². The number of amides is 2. The van der Waals surface area contributed by atoms with Crippen LogP contribution in [0.1, 0.15) is 28.2 Å². The first kappa shape index (κ1) is 20.8. The van der Waals surface area contributed by atoms with E-state index >= 15 is 0 Å². The minimum atomic E-state index is -1.03. The van der Waals surface area contributed by atoms with Crippen molar-refractivity contribution >= 4 is 11.8 Å². The molecule has 160 valence electrons. The Morgan fingerprint density at radius 3 is 2.77 bits per heavy atom. The van der Waals surface area contributed by atoms with E-state index in [1.807, 2.05) is 55.5 Å². The van der Waals surface area contributed by atoms with Crippen LogP contribution >= 0.6 is 0 Å². The molecule has 0 bridgehead atoms. The van der Waals surface area contributed by atoms with Crippen molar-refractivity contribution in [1.29, 1.82) is 0 Å². The molecule has 0 fully saturated rings. The van der Waals surface area contributed by atoms with Gasteiger partial charge in [-0.25, -0.2) is 0 Å². The van der Waals surface area contributed by atoms with Crippen LogP contribution in [-0.2, 0) is 11.2 Å². The van der Waals surface area contributed by atoms with Gasteiger partial charge in [-0.2, -0.15) is 0 Å². The maximum Gasteiger partial charge on any atom is 0.253 e. The van der Waals surface area contributed by atoms with Crippen LogP contribution in [0.3, 0.4) is 0 Å². The number of fused-ring (bicyclic) bond motifs is 1. The van der Waals surface area contributed by atoms with Gasteiger partial charge in [-0.05, 0) is 30.6 Å². The number of aliphatic hydroxyl groups is 2. The minimum absolute atomic E-state index is 0.0539. The molecule has 7 nitrogen and oxygen atoms in total. The normalized spacial score (nSPS) is 16.1. The largest absolute Gasteiger partial charge is 0.394 e. The minimum Gasteiger partial charge on any atom is -0.394 e. The quantitative estimate of drug-likeness (QED) is 0.471. The van der Waals surface area contributed by atoms with Crippen molar-refractivity contribution in [3.05, 3.63) is 82.4 Å². The van der Waals surface area contributed by atoms with Crippen molar-refractivity contribution in [2.75, 3.05) is 13.2 Å². The molecular weight excluding hydrogens is 394 g/mol. The molecule has 1 aliphatic carbocycles. The topological polar surface area (TPSA) is 114 Å². The summed E-state index contributed by atoms with van der Waals surface area (Å²) in [5, 5.41) is 24.2. The summed E-state index contributed by atoms with van der Waals surface area (Å²) in [6, 6.07) is 9.55. The molecule has 1 aromatic carbocycles. The van der Waals surface area contributed by atoms with Gasteiger partial charge in [-0.3, -0.25) is 9.59 Å². The highest BCUT2D eigenvalue weighted by Crippen LogP contribution is 2.35. The van der Waals surface area contributed by atoms with Gasteiger partial charge < -0.3 is 25.8 Å². The van der Waals surface area contributed by atoms with E-state index in [0.29, 0.717) is 29.7 Å². The molecule has 2 amide bonds. The fourth-order valence-electron chi connectivity index (χ4n) is 4.06. The number of carbonyl (C=O) groups excluding carboxylic acids is 2. The second kappa shape index (κ2) is 8.75. The molecule has 2 aromatic rings. The van der Waals surface area contributed by atoms with Crippen LogP contribution in [0, 0.1) is 6.92 Å². The fraction of sp³-hybridized carbons (Fsp3) is 0.250. The summed E-state index contributed by atoms with van der Waals surface area (Å²) in [6.07, 6.45) is 5.87. The summed E-state index contributed by atoms with van der Waals surface area (Å²) in [6.45, 7) is 1.33. The Balaban J connectivity index is 1.75. The summed E-state index contributed by atoms with van der Waals surface area (Å²) in [5.41, 5.74) is 6.03. The van der Waals surface area contributed by atoms with Crippen molar-refractivity contribution in [1.82, 2.24) is 15.6 Å². The summed E-state index contributed by atoms with van der Waals surface area (Å²) in [7, 11) is 0. The van der Waals surface area contributed by atoms with Gasteiger partial charge in [0.05, 0.1) is 18.3 Å². The van der Waals surface area contributed by atoms with Crippen LogP contribution in [0.25, 0.3) is 11.1 Å². The third-order valence-electron chi connectivity index (χ3n) is 5.55. The first-order valence-corrected chi connectivity index (χ1v) is 10.2. The van der Waals surface area contributed by atoms with Crippen LogP contribution in [0.15, 0.2) is 65.4 Å². The molecule has 0 saturated heterocycles. The van der Waals surface area contributed by atoms with E-state index in [0.717, 1.165) is 28.1 Å². The van der Waals surface area contributed by atoms with Crippen molar-refractivity contribution in [2.45, 2.75) is 25.9 Å². The maximum absolute atomic E-state index is 13.0. The number of rotatable bonds is 7. The molecule has 0 radical (unpaired) electrons. The highest BCUT2D eigenvalue weighted by Gasteiger charge is 2.30. The molecular formula is C24H25N3O4. The number of aromatic amines is 1. The van der Waals surface area contributed by atoms with Gasteiger partial charge in [-0.15, -0.1) is 0 Å². The van der Waals surface area contributed by atoms with E-state index in [-0.39, 0.29) is 18.4 Å². The van der Waals surface area contributed by atoms with Gasteiger partial charge in [0.1, 0.15) is 0 Å². The van der Waals surface area contributed by atoms with Crippen molar-refractivity contribution < 1.29 is 19.8 Å². The zero-order valence-electron chi connectivity index (χ0n) is 17.2. The highest BCUT2D eigenvalue weighted by molar-refractivity contribution is 6.04. The summed E-state index contributed by atoms with van der Waals surface area (Å²) < 4.78 is 0. The molecule has 0 spiro atoms.